The Hall–Kier alpha value is -1.59. The Morgan fingerprint density at radius 3 is 1.36 bits per heavy atom. The van der Waals surface area contributed by atoms with Crippen LogP contribution in [0.1, 0.15) is 65.2 Å². The first-order valence-electron chi connectivity index (χ1n) is 9.85. The summed E-state index contributed by atoms with van der Waals surface area (Å²) in [5.74, 6) is 0.702. The van der Waals surface area contributed by atoms with Gasteiger partial charge in [-0.3, -0.25) is 14.4 Å². The molecule has 3 atom stereocenters. The second-order valence-corrected chi connectivity index (χ2v) is 7.90. The monoisotopic (exact) mass is 349 g/mol. The van der Waals surface area contributed by atoms with Crippen molar-refractivity contribution in [2.24, 2.45) is 0 Å². The lowest BCUT2D eigenvalue weighted by atomic mass is 9.98. The summed E-state index contributed by atoms with van der Waals surface area (Å²) in [6.07, 6.45) is 6.35. The van der Waals surface area contributed by atoms with Gasteiger partial charge in [-0.25, -0.2) is 0 Å². The van der Waals surface area contributed by atoms with Gasteiger partial charge in [-0.15, -0.1) is 0 Å². The van der Waals surface area contributed by atoms with E-state index in [1.165, 1.54) is 0 Å². The normalized spacial score (nSPS) is 25.2. The second-order valence-electron chi connectivity index (χ2n) is 7.90. The highest BCUT2D eigenvalue weighted by Gasteiger charge is 2.35. The predicted molar refractivity (Wildman–Crippen MR) is 94.8 cm³/mol. The molecule has 0 aromatic carbocycles. The van der Waals surface area contributed by atoms with E-state index in [-0.39, 0.29) is 35.8 Å². The van der Waals surface area contributed by atoms with Crippen molar-refractivity contribution in [1.29, 1.82) is 0 Å². The lowest BCUT2D eigenvalue weighted by Crippen LogP contribution is -2.46. The van der Waals surface area contributed by atoms with E-state index in [2.05, 4.69) is 13.8 Å². The van der Waals surface area contributed by atoms with Crippen LogP contribution in [0.25, 0.3) is 0 Å². The molecule has 6 nitrogen and oxygen atoms in total. The van der Waals surface area contributed by atoms with Gasteiger partial charge in [0.1, 0.15) is 0 Å². The molecule has 0 N–H and O–H groups in total. The van der Waals surface area contributed by atoms with Crippen molar-refractivity contribution in [3.8, 4) is 0 Å². The van der Waals surface area contributed by atoms with Crippen molar-refractivity contribution >= 4 is 17.7 Å². The smallest absolute Gasteiger partial charge is 0.222 e. The number of hydrogen-bond acceptors (Lipinski definition) is 3. The van der Waals surface area contributed by atoms with Crippen molar-refractivity contribution in [3.63, 3.8) is 0 Å². The van der Waals surface area contributed by atoms with Crippen LogP contribution < -0.4 is 0 Å². The van der Waals surface area contributed by atoms with E-state index in [4.69, 9.17) is 0 Å². The zero-order valence-corrected chi connectivity index (χ0v) is 15.6. The fraction of sp³-hybridized carbons (Fsp3) is 0.842. The van der Waals surface area contributed by atoms with Gasteiger partial charge in [0.25, 0.3) is 0 Å². The Labute approximate surface area is 150 Å². The van der Waals surface area contributed by atoms with Gasteiger partial charge in [0, 0.05) is 57.0 Å². The number of carbonyl (C=O) groups is 3. The number of likely N-dealkylation sites (tertiary alicyclic amines) is 3. The minimum Gasteiger partial charge on any atom is -0.340 e. The van der Waals surface area contributed by atoms with E-state index in [0.29, 0.717) is 19.3 Å². The molecule has 0 bridgehead atoms. The third kappa shape index (κ3) is 3.98. The molecule has 3 fully saturated rings. The van der Waals surface area contributed by atoms with Gasteiger partial charge >= 0.3 is 0 Å². The Kier molecular flexibility index (Phi) is 5.64. The third-order valence-corrected chi connectivity index (χ3v) is 6.06. The minimum absolute atomic E-state index is 0.113. The van der Waals surface area contributed by atoms with Gasteiger partial charge in [0.15, 0.2) is 0 Å². The summed E-state index contributed by atoms with van der Waals surface area (Å²) in [5.41, 5.74) is 0. The lowest BCUT2D eigenvalue weighted by Gasteiger charge is -2.36. The third-order valence-electron chi connectivity index (χ3n) is 6.06. The minimum atomic E-state index is 0.113. The van der Waals surface area contributed by atoms with Crippen LogP contribution in [0.4, 0.5) is 0 Å². The Balaban J connectivity index is 1.67. The molecule has 0 aromatic rings. The molecule has 0 saturated carbocycles. The number of carbonyl (C=O) groups excluding carboxylic acids is 3. The topological polar surface area (TPSA) is 60.9 Å². The van der Waals surface area contributed by atoms with Crippen LogP contribution in [-0.2, 0) is 14.4 Å². The van der Waals surface area contributed by atoms with Gasteiger partial charge in [-0.1, -0.05) is 0 Å². The maximum Gasteiger partial charge on any atom is 0.222 e. The summed E-state index contributed by atoms with van der Waals surface area (Å²) in [4.78, 5) is 42.4. The van der Waals surface area contributed by atoms with Crippen LogP contribution in [0.2, 0.25) is 0 Å². The van der Waals surface area contributed by atoms with Gasteiger partial charge < -0.3 is 14.7 Å². The molecule has 3 amide bonds. The average Bonchev–Trinajstić information content (AvgIpc) is 3.28. The number of nitrogens with zero attached hydrogens (tertiary/aromatic N) is 3. The zero-order chi connectivity index (χ0) is 18.0. The van der Waals surface area contributed by atoms with Crippen molar-refractivity contribution in [3.05, 3.63) is 0 Å². The van der Waals surface area contributed by atoms with Crippen LogP contribution in [0.15, 0.2) is 0 Å². The SMILES string of the molecule is CC(CC(C[C@H](C)N1CCCC1=O)N1CCCC1=O)N1CCCC1=O. The summed E-state index contributed by atoms with van der Waals surface area (Å²) in [6.45, 7) is 6.68. The van der Waals surface area contributed by atoms with Crippen LogP contribution in [-0.4, -0.2) is 70.2 Å². The first kappa shape index (κ1) is 18.2. The first-order valence-corrected chi connectivity index (χ1v) is 9.85. The fourth-order valence-corrected chi connectivity index (χ4v) is 4.72. The first-order chi connectivity index (χ1) is 12.0. The lowest BCUT2D eigenvalue weighted by molar-refractivity contribution is -0.131. The Morgan fingerprint density at radius 1 is 0.680 bits per heavy atom. The van der Waals surface area contributed by atoms with Crippen LogP contribution in [0.3, 0.4) is 0 Å². The molecule has 0 radical (unpaired) electrons. The molecular formula is C19H31N3O3. The number of rotatable bonds is 7. The van der Waals surface area contributed by atoms with Crippen LogP contribution in [0.5, 0.6) is 0 Å². The van der Waals surface area contributed by atoms with E-state index in [1.807, 2.05) is 14.7 Å². The van der Waals surface area contributed by atoms with E-state index in [1.54, 1.807) is 0 Å². The van der Waals surface area contributed by atoms with Gasteiger partial charge in [0.05, 0.1) is 0 Å². The molecule has 0 spiro atoms. The van der Waals surface area contributed by atoms with E-state index in [0.717, 1.165) is 51.7 Å². The summed E-state index contributed by atoms with van der Waals surface area (Å²) in [5, 5.41) is 0. The van der Waals surface area contributed by atoms with Gasteiger partial charge in [-0.2, -0.15) is 0 Å². The quantitative estimate of drug-likeness (QED) is 0.704. The van der Waals surface area contributed by atoms with Crippen molar-refractivity contribution < 1.29 is 14.4 Å². The molecular weight excluding hydrogens is 318 g/mol. The molecule has 140 valence electrons. The van der Waals surface area contributed by atoms with Crippen molar-refractivity contribution in [1.82, 2.24) is 14.7 Å². The highest BCUT2D eigenvalue weighted by molar-refractivity contribution is 5.79. The van der Waals surface area contributed by atoms with Crippen molar-refractivity contribution in [2.75, 3.05) is 19.6 Å². The zero-order valence-electron chi connectivity index (χ0n) is 15.6. The highest BCUT2D eigenvalue weighted by atomic mass is 16.2. The molecule has 0 aromatic heterocycles. The molecule has 3 saturated heterocycles. The molecule has 3 rings (SSSR count). The highest BCUT2D eigenvalue weighted by Crippen LogP contribution is 2.26. The molecule has 0 aliphatic carbocycles. The number of hydrogen-bond donors (Lipinski definition) is 0. The fourth-order valence-electron chi connectivity index (χ4n) is 4.72. The molecule has 3 aliphatic rings. The summed E-state index contributed by atoms with van der Waals surface area (Å²) < 4.78 is 0. The molecule has 6 heteroatoms. The second kappa shape index (κ2) is 7.75. The van der Waals surface area contributed by atoms with E-state index in [9.17, 15) is 14.4 Å². The molecule has 3 heterocycles. The summed E-state index contributed by atoms with van der Waals surface area (Å²) >= 11 is 0. The van der Waals surface area contributed by atoms with E-state index >= 15 is 0 Å². The van der Waals surface area contributed by atoms with Crippen LogP contribution >= 0.6 is 0 Å². The summed E-state index contributed by atoms with van der Waals surface area (Å²) in [7, 11) is 0. The maximum absolute atomic E-state index is 12.3. The van der Waals surface area contributed by atoms with Crippen molar-refractivity contribution in [2.45, 2.75) is 83.3 Å². The Bertz CT molecular complexity index is 502. The van der Waals surface area contributed by atoms with Gasteiger partial charge in [-0.05, 0) is 46.0 Å². The standard InChI is InChI=1S/C19H31N3O3/c1-14(20-9-3-6-17(20)23)12-16(22-11-5-8-19(22)25)13-15(2)21-10-4-7-18(21)24/h14-16H,3-13H2,1-2H3/t14-,15?,16?/m0/s1. The van der Waals surface area contributed by atoms with Gasteiger partial charge in [0.2, 0.25) is 17.7 Å². The molecule has 3 aliphatic heterocycles. The molecule has 25 heavy (non-hydrogen) atoms. The molecule has 2 unspecified atom stereocenters. The average molecular weight is 349 g/mol. The Morgan fingerprint density at radius 2 is 1.04 bits per heavy atom. The van der Waals surface area contributed by atoms with Crippen LogP contribution in [0, 0.1) is 0 Å². The van der Waals surface area contributed by atoms with E-state index < -0.39 is 0 Å². The predicted octanol–water partition coefficient (Wildman–Crippen LogP) is 1.78. The summed E-state index contributed by atoms with van der Waals surface area (Å²) in [6, 6.07) is 0.409. The number of amides is 3. The maximum atomic E-state index is 12.3. The largest absolute Gasteiger partial charge is 0.340 e.